The molecule has 84 valence electrons. The van der Waals surface area contributed by atoms with Gasteiger partial charge in [-0.2, -0.15) is 0 Å². The fourth-order valence-corrected chi connectivity index (χ4v) is 1.82. The molecule has 0 aliphatic heterocycles. The molecule has 0 atom stereocenters. The van der Waals surface area contributed by atoms with Crippen molar-refractivity contribution in [2.24, 2.45) is 0 Å². The van der Waals surface area contributed by atoms with E-state index in [1.165, 1.54) is 11.8 Å². The molecule has 15 heavy (non-hydrogen) atoms. The maximum atomic E-state index is 11.2. The zero-order valence-corrected chi connectivity index (χ0v) is 9.91. The van der Waals surface area contributed by atoms with Crippen molar-refractivity contribution in [2.45, 2.75) is 32.0 Å². The molecule has 1 aromatic rings. The highest BCUT2D eigenvalue weighted by atomic mass is 32.2. The lowest BCUT2D eigenvalue weighted by Crippen LogP contribution is -2.24. The second-order valence-electron chi connectivity index (χ2n) is 3.24. The van der Waals surface area contributed by atoms with Gasteiger partial charge in [-0.05, 0) is 31.2 Å². The van der Waals surface area contributed by atoms with E-state index in [2.05, 4.69) is 20.8 Å². The minimum atomic E-state index is 0.000746. The lowest BCUT2D eigenvalue weighted by atomic mass is 10.4. The van der Waals surface area contributed by atoms with Gasteiger partial charge in [0, 0.05) is 6.54 Å². The third kappa shape index (κ3) is 3.50. The van der Waals surface area contributed by atoms with Crippen LogP contribution in [0.15, 0.2) is 5.16 Å². The summed E-state index contributed by atoms with van der Waals surface area (Å²) in [5.74, 6) is 0.349. The zero-order chi connectivity index (χ0) is 11.3. The van der Waals surface area contributed by atoms with Crippen LogP contribution in [0.3, 0.4) is 0 Å². The standard InChI is InChI=1S/C8H15N5OS/c1-4-9-7(14)5-15-8-10-11-12-13(8)6(2)3/h6H,4-5H2,1-3H3,(H,9,14). The van der Waals surface area contributed by atoms with Gasteiger partial charge in [-0.3, -0.25) is 4.79 Å². The third-order valence-electron chi connectivity index (χ3n) is 1.66. The first kappa shape index (κ1) is 12.0. The summed E-state index contributed by atoms with van der Waals surface area (Å²) in [7, 11) is 0. The number of aromatic nitrogens is 4. The SMILES string of the molecule is CCNC(=O)CSc1nnnn1C(C)C. The Bertz CT molecular complexity index is 325. The first-order chi connectivity index (χ1) is 7.15. The van der Waals surface area contributed by atoms with Gasteiger partial charge in [0.05, 0.1) is 11.8 Å². The monoisotopic (exact) mass is 229 g/mol. The maximum absolute atomic E-state index is 11.2. The average Bonchev–Trinajstić information content (AvgIpc) is 2.63. The molecule has 1 N–H and O–H groups in total. The topological polar surface area (TPSA) is 72.7 Å². The first-order valence-corrected chi connectivity index (χ1v) is 5.81. The predicted molar refractivity (Wildman–Crippen MR) is 57.6 cm³/mol. The molecular weight excluding hydrogens is 214 g/mol. The van der Waals surface area contributed by atoms with Crippen LogP contribution in [-0.2, 0) is 4.79 Å². The number of amides is 1. The molecule has 0 aliphatic rings. The second-order valence-corrected chi connectivity index (χ2v) is 4.18. The van der Waals surface area contributed by atoms with Crippen molar-refractivity contribution in [2.75, 3.05) is 12.3 Å². The summed E-state index contributed by atoms with van der Waals surface area (Å²) in [4.78, 5) is 11.2. The Morgan fingerprint density at radius 3 is 2.93 bits per heavy atom. The molecule has 0 spiro atoms. The highest BCUT2D eigenvalue weighted by Gasteiger charge is 2.11. The van der Waals surface area contributed by atoms with E-state index < -0.39 is 0 Å². The number of hydrogen-bond acceptors (Lipinski definition) is 5. The van der Waals surface area contributed by atoms with Crippen LogP contribution < -0.4 is 5.32 Å². The Balaban J connectivity index is 2.50. The predicted octanol–water partition coefficient (Wildman–Crippen LogP) is 0.482. The van der Waals surface area contributed by atoms with E-state index in [1.807, 2.05) is 20.8 Å². The van der Waals surface area contributed by atoms with Crippen LogP contribution in [0.2, 0.25) is 0 Å². The molecule has 6 nitrogen and oxygen atoms in total. The van der Waals surface area contributed by atoms with E-state index in [1.54, 1.807) is 4.68 Å². The fraction of sp³-hybridized carbons (Fsp3) is 0.750. The molecule has 0 aliphatic carbocycles. The molecule has 1 rings (SSSR count). The Kier molecular flexibility index (Phi) is 4.54. The van der Waals surface area contributed by atoms with Crippen molar-refractivity contribution in [3.8, 4) is 0 Å². The summed E-state index contributed by atoms with van der Waals surface area (Å²) >= 11 is 1.34. The summed E-state index contributed by atoms with van der Waals surface area (Å²) in [6.07, 6.45) is 0. The van der Waals surface area contributed by atoms with E-state index in [9.17, 15) is 4.79 Å². The number of nitrogens with zero attached hydrogens (tertiary/aromatic N) is 4. The van der Waals surface area contributed by atoms with Crippen molar-refractivity contribution < 1.29 is 4.79 Å². The smallest absolute Gasteiger partial charge is 0.230 e. The maximum Gasteiger partial charge on any atom is 0.230 e. The largest absolute Gasteiger partial charge is 0.356 e. The molecule has 1 amide bonds. The fourth-order valence-electron chi connectivity index (χ4n) is 0.983. The van der Waals surface area contributed by atoms with Crippen LogP contribution >= 0.6 is 11.8 Å². The molecule has 0 bridgehead atoms. The van der Waals surface area contributed by atoms with Crippen molar-refractivity contribution in [1.82, 2.24) is 25.5 Å². The number of thioether (sulfide) groups is 1. The minimum absolute atomic E-state index is 0.000746. The highest BCUT2D eigenvalue weighted by Crippen LogP contribution is 2.16. The lowest BCUT2D eigenvalue weighted by Gasteiger charge is -2.06. The summed E-state index contributed by atoms with van der Waals surface area (Å²) in [5, 5.41) is 14.7. The number of hydrogen-bond donors (Lipinski definition) is 1. The third-order valence-corrected chi connectivity index (χ3v) is 2.59. The summed E-state index contributed by atoms with van der Waals surface area (Å²) in [6.45, 7) is 6.52. The van der Waals surface area contributed by atoms with Gasteiger partial charge in [-0.1, -0.05) is 11.8 Å². The Morgan fingerprint density at radius 2 is 2.33 bits per heavy atom. The summed E-state index contributed by atoms with van der Waals surface area (Å²) in [5.41, 5.74) is 0. The second kappa shape index (κ2) is 5.69. The van der Waals surface area contributed by atoms with Crippen LogP contribution in [0.5, 0.6) is 0 Å². The van der Waals surface area contributed by atoms with Crippen molar-refractivity contribution in [3.63, 3.8) is 0 Å². The van der Waals surface area contributed by atoms with Crippen LogP contribution in [0.4, 0.5) is 0 Å². The zero-order valence-electron chi connectivity index (χ0n) is 9.10. The van der Waals surface area contributed by atoms with E-state index in [0.717, 1.165) is 0 Å². The molecule has 0 fully saturated rings. The van der Waals surface area contributed by atoms with Gasteiger partial charge in [-0.15, -0.1) is 5.10 Å². The molecule has 0 saturated heterocycles. The Hall–Kier alpha value is -1.11. The first-order valence-electron chi connectivity index (χ1n) is 4.82. The van der Waals surface area contributed by atoms with Gasteiger partial charge in [0.1, 0.15) is 0 Å². The quantitative estimate of drug-likeness (QED) is 0.744. The van der Waals surface area contributed by atoms with Crippen LogP contribution in [-0.4, -0.2) is 38.4 Å². The Labute approximate surface area is 92.8 Å². The van der Waals surface area contributed by atoms with Gasteiger partial charge in [-0.25, -0.2) is 4.68 Å². The van der Waals surface area contributed by atoms with Crippen LogP contribution in [0.25, 0.3) is 0 Å². The highest BCUT2D eigenvalue weighted by molar-refractivity contribution is 7.99. The van der Waals surface area contributed by atoms with Crippen molar-refractivity contribution >= 4 is 17.7 Å². The molecule has 7 heteroatoms. The Morgan fingerprint density at radius 1 is 1.60 bits per heavy atom. The number of carbonyl (C=O) groups excluding carboxylic acids is 1. The normalized spacial score (nSPS) is 10.7. The van der Waals surface area contributed by atoms with E-state index in [4.69, 9.17) is 0 Å². The van der Waals surface area contributed by atoms with E-state index >= 15 is 0 Å². The van der Waals surface area contributed by atoms with Crippen molar-refractivity contribution in [3.05, 3.63) is 0 Å². The van der Waals surface area contributed by atoms with Gasteiger partial charge in [0.25, 0.3) is 0 Å². The number of rotatable bonds is 5. The van der Waals surface area contributed by atoms with Gasteiger partial charge in [0.15, 0.2) is 0 Å². The van der Waals surface area contributed by atoms with E-state index in [0.29, 0.717) is 17.5 Å². The number of nitrogens with one attached hydrogen (secondary N) is 1. The van der Waals surface area contributed by atoms with Crippen LogP contribution in [0, 0.1) is 0 Å². The van der Waals surface area contributed by atoms with Gasteiger partial charge >= 0.3 is 0 Å². The number of tetrazole rings is 1. The summed E-state index contributed by atoms with van der Waals surface area (Å²) in [6, 6.07) is 0.205. The lowest BCUT2D eigenvalue weighted by molar-refractivity contribution is -0.118. The molecule has 0 unspecified atom stereocenters. The van der Waals surface area contributed by atoms with E-state index in [-0.39, 0.29) is 11.9 Å². The summed E-state index contributed by atoms with van der Waals surface area (Å²) < 4.78 is 1.70. The van der Waals surface area contributed by atoms with Gasteiger partial charge in [0.2, 0.25) is 11.1 Å². The molecule has 0 radical (unpaired) electrons. The molecular formula is C8H15N5OS. The molecule has 1 aromatic heterocycles. The minimum Gasteiger partial charge on any atom is -0.356 e. The molecule has 0 saturated carbocycles. The number of carbonyl (C=O) groups is 1. The van der Waals surface area contributed by atoms with Crippen molar-refractivity contribution in [1.29, 1.82) is 0 Å². The van der Waals surface area contributed by atoms with Crippen LogP contribution in [0.1, 0.15) is 26.8 Å². The molecule has 1 heterocycles. The molecule has 0 aromatic carbocycles. The average molecular weight is 229 g/mol. The van der Waals surface area contributed by atoms with Gasteiger partial charge < -0.3 is 5.32 Å².